The van der Waals surface area contributed by atoms with Crippen LogP contribution in [0.25, 0.3) is 22.3 Å². The van der Waals surface area contributed by atoms with Gasteiger partial charge in [-0.2, -0.15) is 14.9 Å². The average molecular weight is 585 g/mol. The number of nitrogens with one attached hydrogen (secondary N) is 1. The van der Waals surface area contributed by atoms with Crippen LogP contribution in [0.15, 0.2) is 61.4 Å². The van der Waals surface area contributed by atoms with E-state index in [4.69, 9.17) is 15.6 Å². The molecule has 0 aliphatic carbocycles. The molecule has 3 N–H and O–H groups in total. The molecule has 2 aromatic carbocycles. The maximum Gasteiger partial charge on any atom is 0.346 e. The first-order chi connectivity index (χ1) is 20.9. The maximum absolute atomic E-state index is 13.7. The van der Waals surface area contributed by atoms with Crippen LogP contribution in [0.4, 0.5) is 15.0 Å². The van der Waals surface area contributed by atoms with Crippen LogP contribution in [0.2, 0.25) is 0 Å². The highest BCUT2D eigenvalue weighted by molar-refractivity contribution is 5.98. The average Bonchev–Trinajstić information content (AvgIpc) is 3.70. The molecule has 0 radical (unpaired) electrons. The SMILES string of the molecule is COc1ccc(F)cc1C(=O)NCc1ccc(-c2nn(C[C@@H]3CCCCN3C(=O)n3cncn3)c3ncnc(N)c23)cc1. The molecule has 2 amide bonds. The quantitative estimate of drug-likeness (QED) is 0.293. The van der Waals surface area contributed by atoms with Gasteiger partial charge in [0, 0.05) is 18.7 Å². The van der Waals surface area contributed by atoms with Gasteiger partial charge in [0.25, 0.3) is 5.91 Å². The van der Waals surface area contributed by atoms with E-state index in [9.17, 15) is 14.0 Å². The van der Waals surface area contributed by atoms with Gasteiger partial charge < -0.3 is 20.7 Å². The summed E-state index contributed by atoms with van der Waals surface area (Å²) < 4.78 is 21.9. The molecule has 4 heterocycles. The first-order valence-electron chi connectivity index (χ1n) is 13.8. The van der Waals surface area contributed by atoms with E-state index in [1.54, 1.807) is 9.58 Å². The molecule has 220 valence electrons. The molecule has 13 nitrogen and oxygen atoms in total. The van der Waals surface area contributed by atoms with E-state index in [0.29, 0.717) is 35.6 Å². The van der Waals surface area contributed by atoms with Gasteiger partial charge in [0.1, 0.15) is 42.1 Å². The van der Waals surface area contributed by atoms with Crippen LogP contribution in [0, 0.1) is 5.82 Å². The highest BCUT2D eigenvalue weighted by Crippen LogP contribution is 2.31. The molecule has 3 aromatic heterocycles. The van der Waals surface area contributed by atoms with Crippen LogP contribution < -0.4 is 15.8 Å². The summed E-state index contributed by atoms with van der Waals surface area (Å²) in [6.07, 6.45) is 6.83. The van der Waals surface area contributed by atoms with Gasteiger partial charge in [0.05, 0.1) is 30.6 Å². The first kappa shape index (κ1) is 27.8. The van der Waals surface area contributed by atoms with Crippen molar-refractivity contribution in [1.82, 2.24) is 44.7 Å². The topological polar surface area (TPSA) is 159 Å². The van der Waals surface area contributed by atoms with Crippen molar-refractivity contribution in [3.8, 4) is 17.0 Å². The standard InChI is InChI=1S/C29H29FN10O3/c1-43-23-10-9-20(30)12-22(23)28(41)33-13-18-5-7-19(8-6-18)25-24-26(31)34-16-35-27(24)39(37-25)14-21-4-2-3-11-38(21)29(42)40-17-32-15-36-40/h5-10,12,15-17,21H,2-4,11,13-14H2,1H3,(H,33,41)(H2,31,34,35)/t21-/m0/s1. The second-order valence-electron chi connectivity index (χ2n) is 10.2. The summed E-state index contributed by atoms with van der Waals surface area (Å²) in [5.41, 5.74) is 9.21. The lowest BCUT2D eigenvalue weighted by Gasteiger charge is -2.35. The largest absolute Gasteiger partial charge is 0.496 e. The van der Waals surface area contributed by atoms with Crippen molar-refractivity contribution >= 4 is 28.8 Å². The van der Waals surface area contributed by atoms with Crippen molar-refractivity contribution < 1.29 is 18.7 Å². The number of benzene rings is 2. The number of hydrogen-bond acceptors (Lipinski definition) is 9. The van der Waals surface area contributed by atoms with Crippen molar-refractivity contribution in [3.63, 3.8) is 0 Å². The number of likely N-dealkylation sites (tertiary alicyclic amines) is 1. The molecule has 14 heteroatoms. The number of aromatic nitrogens is 7. The van der Waals surface area contributed by atoms with Crippen LogP contribution in [0.1, 0.15) is 35.2 Å². The van der Waals surface area contributed by atoms with Gasteiger partial charge >= 0.3 is 6.03 Å². The van der Waals surface area contributed by atoms with Crippen molar-refractivity contribution in [3.05, 3.63) is 78.4 Å². The van der Waals surface area contributed by atoms with Gasteiger partial charge in [-0.1, -0.05) is 24.3 Å². The Hall–Kier alpha value is -5.40. The number of carbonyl (C=O) groups excluding carboxylic acids is 2. The van der Waals surface area contributed by atoms with Crippen molar-refractivity contribution in [2.45, 2.75) is 38.4 Å². The molecule has 1 aliphatic heterocycles. The number of fused-ring (bicyclic) bond motifs is 1. The molecule has 0 bridgehead atoms. The smallest absolute Gasteiger partial charge is 0.346 e. The van der Waals surface area contributed by atoms with Crippen LogP contribution in [-0.4, -0.2) is 71.0 Å². The second-order valence-corrected chi connectivity index (χ2v) is 10.2. The fraction of sp³-hybridized carbons (Fsp3) is 0.276. The van der Waals surface area contributed by atoms with E-state index in [0.717, 1.165) is 36.5 Å². The van der Waals surface area contributed by atoms with E-state index in [2.05, 4.69) is 25.4 Å². The summed E-state index contributed by atoms with van der Waals surface area (Å²) in [7, 11) is 1.43. The molecule has 0 saturated carbocycles. The molecule has 43 heavy (non-hydrogen) atoms. The predicted molar refractivity (Wildman–Crippen MR) is 154 cm³/mol. The minimum atomic E-state index is -0.525. The Labute approximate surface area is 245 Å². The van der Waals surface area contributed by atoms with Crippen LogP contribution in [0.3, 0.4) is 0 Å². The zero-order valence-corrected chi connectivity index (χ0v) is 23.4. The summed E-state index contributed by atoms with van der Waals surface area (Å²) >= 11 is 0. The maximum atomic E-state index is 13.7. The molecule has 0 unspecified atom stereocenters. The third-order valence-corrected chi connectivity index (χ3v) is 7.52. The number of piperidine rings is 1. The number of nitrogens with two attached hydrogens (primary N) is 1. The van der Waals surface area contributed by atoms with Gasteiger partial charge in [-0.05, 0) is 43.0 Å². The molecular formula is C29H29FN10O3. The third-order valence-electron chi connectivity index (χ3n) is 7.52. The molecule has 1 atom stereocenters. The van der Waals surface area contributed by atoms with Crippen LogP contribution in [-0.2, 0) is 13.1 Å². The number of halogens is 1. The van der Waals surface area contributed by atoms with Crippen molar-refractivity contribution in [2.24, 2.45) is 0 Å². The van der Waals surface area contributed by atoms with Gasteiger partial charge in [-0.3, -0.25) is 4.79 Å². The predicted octanol–water partition coefficient (Wildman–Crippen LogP) is 3.27. The Morgan fingerprint density at radius 2 is 1.95 bits per heavy atom. The number of hydrogen-bond donors (Lipinski definition) is 2. The summed E-state index contributed by atoms with van der Waals surface area (Å²) in [6, 6.07) is 10.9. The Kier molecular flexibility index (Phi) is 7.64. The lowest BCUT2D eigenvalue weighted by atomic mass is 10.0. The molecule has 1 fully saturated rings. The Morgan fingerprint density at radius 3 is 2.72 bits per heavy atom. The number of carbonyl (C=O) groups is 2. The monoisotopic (exact) mass is 584 g/mol. The Morgan fingerprint density at radius 1 is 1.12 bits per heavy atom. The van der Waals surface area contributed by atoms with Crippen LogP contribution in [0.5, 0.6) is 5.75 Å². The lowest BCUT2D eigenvalue weighted by Crippen LogP contribution is -2.47. The summed E-state index contributed by atoms with van der Waals surface area (Å²) in [4.78, 5) is 40.2. The normalized spacial score (nSPS) is 15.0. The fourth-order valence-corrected chi connectivity index (χ4v) is 5.36. The summed E-state index contributed by atoms with van der Waals surface area (Å²) in [5.74, 6) is -0.390. The minimum Gasteiger partial charge on any atom is -0.496 e. The minimum absolute atomic E-state index is 0.117. The van der Waals surface area contributed by atoms with E-state index < -0.39 is 11.7 Å². The van der Waals surface area contributed by atoms with E-state index in [-0.39, 0.29) is 29.9 Å². The van der Waals surface area contributed by atoms with Gasteiger partial charge in [0.2, 0.25) is 0 Å². The highest BCUT2D eigenvalue weighted by atomic mass is 19.1. The Bertz CT molecular complexity index is 1770. The van der Waals surface area contributed by atoms with Gasteiger partial charge in [0.15, 0.2) is 5.65 Å². The Balaban J connectivity index is 1.23. The molecule has 1 aliphatic rings. The summed E-state index contributed by atoms with van der Waals surface area (Å²) in [5, 5.41) is 12.3. The first-order valence-corrected chi connectivity index (χ1v) is 13.8. The lowest BCUT2D eigenvalue weighted by molar-refractivity contribution is 0.0947. The molecule has 0 spiro atoms. The molecule has 1 saturated heterocycles. The van der Waals surface area contributed by atoms with Crippen molar-refractivity contribution in [1.29, 1.82) is 0 Å². The molecule has 6 rings (SSSR count). The van der Waals surface area contributed by atoms with Crippen molar-refractivity contribution in [2.75, 3.05) is 19.4 Å². The van der Waals surface area contributed by atoms with Gasteiger partial charge in [-0.25, -0.2) is 28.8 Å². The number of ether oxygens (including phenoxy) is 1. The second kappa shape index (κ2) is 11.8. The van der Waals surface area contributed by atoms with Gasteiger partial charge in [-0.15, -0.1) is 0 Å². The van der Waals surface area contributed by atoms with E-state index in [1.807, 2.05) is 24.3 Å². The zero-order chi connectivity index (χ0) is 29.9. The number of nitrogens with zero attached hydrogens (tertiary/aromatic N) is 8. The molecule has 5 aromatic rings. The third kappa shape index (κ3) is 5.58. The number of anilines is 1. The molecular weight excluding hydrogens is 555 g/mol. The highest BCUT2D eigenvalue weighted by Gasteiger charge is 2.30. The fourth-order valence-electron chi connectivity index (χ4n) is 5.36. The van der Waals surface area contributed by atoms with E-state index >= 15 is 0 Å². The summed E-state index contributed by atoms with van der Waals surface area (Å²) in [6.45, 7) is 1.24. The number of methoxy groups -OCH3 is 1. The zero-order valence-electron chi connectivity index (χ0n) is 23.4. The van der Waals surface area contributed by atoms with Crippen LogP contribution >= 0.6 is 0 Å². The number of amides is 2. The van der Waals surface area contributed by atoms with E-state index in [1.165, 1.54) is 42.9 Å². The number of rotatable bonds is 7. The number of nitrogen functional groups attached to an aromatic ring is 1.